The first-order chi connectivity index (χ1) is 10.1. The van der Waals surface area contributed by atoms with Crippen LogP contribution in [-0.2, 0) is 0 Å². The van der Waals surface area contributed by atoms with Crippen LogP contribution in [0.25, 0.3) is 11.0 Å². The number of hydrogen-bond donors (Lipinski definition) is 1. The summed E-state index contributed by atoms with van der Waals surface area (Å²) in [6, 6.07) is 15.0. The van der Waals surface area contributed by atoms with E-state index in [2.05, 4.69) is 22.0 Å². The first-order valence-electron chi connectivity index (χ1n) is 6.54. The van der Waals surface area contributed by atoms with Crippen LogP contribution in [0.3, 0.4) is 0 Å². The highest BCUT2D eigenvalue weighted by Crippen LogP contribution is 2.33. The molecule has 3 nitrogen and oxygen atoms in total. The van der Waals surface area contributed by atoms with E-state index < -0.39 is 0 Å². The van der Waals surface area contributed by atoms with Crippen molar-refractivity contribution >= 4 is 26.9 Å². The maximum Gasteiger partial charge on any atom is 0.135 e. The van der Waals surface area contributed by atoms with Crippen molar-refractivity contribution in [3.8, 4) is 6.07 Å². The van der Waals surface area contributed by atoms with E-state index in [1.807, 2.05) is 37.3 Å². The third-order valence-corrected chi connectivity index (χ3v) is 4.09. The van der Waals surface area contributed by atoms with Gasteiger partial charge in [0.15, 0.2) is 0 Å². The molecule has 2 aromatic carbocycles. The van der Waals surface area contributed by atoms with Gasteiger partial charge in [-0.2, -0.15) is 5.26 Å². The van der Waals surface area contributed by atoms with Crippen molar-refractivity contribution in [3.63, 3.8) is 0 Å². The van der Waals surface area contributed by atoms with E-state index in [9.17, 15) is 0 Å². The Hall–Kier alpha value is -2.09. The fourth-order valence-corrected chi connectivity index (χ4v) is 2.81. The topological polar surface area (TPSA) is 63.0 Å². The number of nitrogens with zero attached hydrogens (tertiary/aromatic N) is 1. The summed E-state index contributed by atoms with van der Waals surface area (Å²) in [6.07, 6.45) is 0. The van der Waals surface area contributed by atoms with Gasteiger partial charge in [0.2, 0.25) is 0 Å². The Labute approximate surface area is 131 Å². The molecule has 21 heavy (non-hydrogen) atoms. The van der Waals surface area contributed by atoms with Crippen molar-refractivity contribution in [3.05, 3.63) is 69.4 Å². The number of nitriles is 1. The monoisotopic (exact) mass is 340 g/mol. The minimum Gasteiger partial charge on any atom is -0.459 e. The minimum absolute atomic E-state index is 0.385. The normalized spacial score (nSPS) is 12.3. The van der Waals surface area contributed by atoms with Crippen LogP contribution in [0.4, 0.5) is 0 Å². The molecule has 0 radical (unpaired) electrons. The van der Waals surface area contributed by atoms with Crippen LogP contribution in [0.5, 0.6) is 0 Å². The second-order valence-electron chi connectivity index (χ2n) is 4.95. The summed E-state index contributed by atoms with van der Waals surface area (Å²) in [5.74, 6) is 0.734. The number of aryl methyl sites for hydroxylation is 1. The Morgan fingerprint density at radius 3 is 2.81 bits per heavy atom. The lowest BCUT2D eigenvalue weighted by Crippen LogP contribution is -2.12. The molecular weight excluding hydrogens is 328 g/mol. The van der Waals surface area contributed by atoms with Crippen LogP contribution >= 0.6 is 15.9 Å². The van der Waals surface area contributed by atoms with Gasteiger partial charge in [0, 0.05) is 15.4 Å². The Kier molecular flexibility index (Phi) is 3.54. The van der Waals surface area contributed by atoms with Crippen molar-refractivity contribution in [2.45, 2.75) is 13.0 Å². The highest BCUT2D eigenvalue weighted by Gasteiger charge is 2.19. The standard InChI is InChI=1S/C17H13BrN2O/c1-10-14-6-5-13(18)8-15(14)21-17(10)16(20)12-4-2-3-11(7-12)9-19/h2-8,16H,20H2,1H3. The summed E-state index contributed by atoms with van der Waals surface area (Å²) in [4.78, 5) is 0. The van der Waals surface area contributed by atoms with Gasteiger partial charge in [-0.1, -0.05) is 28.1 Å². The molecule has 4 heteroatoms. The molecule has 1 unspecified atom stereocenters. The summed E-state index contributed by atoms with van der Waals surface area (Å²) >= 11 is 3.44. The zero-order chi connectivity index (χ0) is 15.0. The smallest absolute Gasteiger partial charge is 0.135 e. The van der Waals surface area contributed by atoms with Crippen LogP contribution in [-0.4, -0.2) is 0 Å². The molecule has 0 fully saturated rings. The zero-order valence-corrected chi connectivity index (χ0v) is 13.0. The number of rotatable bonds is 2. The molecular formula is C17H13BrN2O. The maximum absolute atomic E-state index is 8.99. The van der Waals surface area contributed by atoms with Gasteiger partial charge in [-0.05, 0) is 42.8 Å². The molecule has 3 rings (SSSR count). The van der Waals surface area contributed by atoms with Gasteiger partial charge in [-0.25, -0.2) is 0 Å². The minimum atomic E-state index is -0.385. The molecule has 1 heterocycles. The van der Waals surface area contributed by atoms with Gasteiger partial charge >= 0.3 is 0 Å². The van der Waals surface area contributed by atoms with Gasteiger partial charge in [0.25, 0.3) is 0 Å². The summed E-state index contributed by atoms with van der Waals surface area (Å²) in [5, 5.41) is 10.1. The molecule has 2 N–H and O–H groups in total. The summed E-state index contributed by atoms with van der Waals surface area (Å²) in [5.41, 5.74) is 9.64. The quantitative estimate of drug-likeness (QED) is 0.750. The van der Waals surface area contributed by atoms with E-state index in [4.69, 9.17) is 15.4 Å². The van der Waals surface area contributed by atoms with E-state index in [0.29, 0.717) is 5.56 Å². The predicted octanol–water partition coefficient (Wildman–Crippen LogP) is 4.42. The van der Waals surface area contributed by atoms with E-state index in [1.54, 1.807) is 12.1 Å². The molecule has 0 aliphatic carbocycles. The van der Waals surface area contributed by atoms with Crippen molar-refractivity contribution in [2.24, 2.45) is 5.73 Å². The summed E-state index contributed by atoms with van der Waals surface area (Å²) in [6.45, 7) is 2.00. The van der Waals surface area contributed by atoms with E-state index in [-0.39, 0.29) is 6.04 Å². The molecule has 0 saturated heterocycles. The largest absolute Gasteiger partial charge is 0.459 e. The third kappa shape index (κ3) is 2.46. The first kappa shape index (κ1) is 13.9. The maximum atomic E-state index is 8.99. The third-order valence-electron chi connectivity index (χ3n) is 3.59. The van der Waals surface area contributed by atoms with Crippen LogP contribution in [0.15, 0.2) is 51.4 Å². The zero-order valence-electron chi connectivity index (χ0n) is 11.4. The lowest BCUT2D eigenvalue weighted by molar-refractivity contribution is 0.521. The number of hydrogen-bond acceptors (Lipinski definition) is 3. The SMILES string of the molecule is Cc1c(C(N)c2cccc(C#N)c2)oc2cc(Br)ccc12. The number of halogens is 1. The Balaban J connectivity index is 2.11. The highest BCUT2D eigenvalue weighted by atomic mass is 79.9. The van der Waals surface area contributed by atoms with E-state index in [0.717, 1.165) is 32.3 Å². The van der Waals surface area contributed by atoms with Crippen molar-refractivity contribution < 1.29 is 4.42 Å². The van der Waals surface area contributed by atoms with Crippen molar-refractivity contribution in [2.75, 3.05) is 0 Å². The number of fused-ring (bicyclic) bond motifs is 1. The summed E-state index contributed by atoms with van der Waals surface area (Å²) in [7, 11) is 0. The Bertz CT molecular complexity index is 861. The summed E-state index contributed by atoms with van der Waals surface area (Å²) < 4.78 is 6.90. The molecule has 104 valence electrons. The van der Waals surface area contributed by atoms with Crippen LogP contribution in [0, 0.1) is 18.3 Å². The molecule has 0 aliphatic heterocycles. The van der Waals surface area contributed by atoms with E-state index in [1.165, 1.54) is 0 Å². The molecule has 0 bridgehead atoms. The second-order valence-corrected chi connectivity index (χ2v) is 5.86. The Morgan fingerprint density at radius 1 is 1.24 bits per heavy atom. The van der Waals surface area contributed by atoms with Crippen LogP contribution < -0.4 is 5.73 Å². The first-order valence-corrected chi connectivity index (χ1v) is 7.33. The average molecular weight is 341 g/mol. The van der Waals surface area contributed by atoms with E-state index >= 15 is 0 Å². The van der Waals surface area contributed by atoms with Crippen molar-refractivity contribution in [1.82, 2.24) is 0 Å². The van der Waals surface area contributed by atoms with Gasteiger partial charge in [0.05, 0.1) is 17.7 Å². The van der Waals surface area contributed by atoms with Gasteiger partial charge in [-0.3, -0.25) is 0 Å². The Morgan fingerprint density at radius 2 is 2.05 bits per heavy atom. The molecule has 3 aromatic rings. The number of nitrogens with two attached hydrogens (primary N) is 1. The fraction of sp³-hybridized carbons (Fsp3) is 0.118. The molecule has 0 saturated carbocycles. The predicted molar refractivity (Wildman–Crippen MR) is 85.8 cm³/mol. The van der Waals surface area contributed by atoms with Crippen LogP contribution in [0.2, 0.25) is 0 Å². The van der Waals surface area contributed by atoms with Crippen molar-refractivity contribution in [1.29, 1.82) is 5.26 Å². The molecule has 0 spiro atoms. The molecule has 0 amide bonds. The van der Waals surface area contributed by atoms with Crippen LogP contribution in [0.1, 0.15) is 28.5 Å². The molecule has 0 aliphatic rings. The molecule has 1 atom stereocenters. The van der Waals surface area contributed by atoms with Gasteiger partial charge in [-0.15, -0.1) is 0 Å². The van der Waals surface area contributed by atoms with Gasteiger partial charge < -0.3 is 10.2 Å². The lowest BCUT2D eigenvalue weighted by atomic mass is 10.00. The fourth-order valence-electron chi connectivity index (χ4n) is 2.47. The lowest BCUT2D eigenvalue weighted by Gasteiger charge is -2.10. The molecule has 1 aromatic heterocycles. The van der Waals surface area contributed by atoms with Gasteiger partial charge in [0.1, 0.15) is 11.3 Å². The average Bonchev–Trinajstić information content (AvgIpc) is 2.83. The highest BCUT2D eigenvalue weighted by molar-refractivity contribution is 9.10. The number of furan rings is 1. The number of benzene rings is 2. The second kappa shape index (κ2) is 5.36.